The molecule has 5 heteroatoms. The minimum Gasteiger partial charge on any atom is -0.507 e. The Morgan fingerprint density at radius 3 is 1.83 bits per heavy atom. The summed E-state index contributed by atoms with van der Waals surface area (Å²) in [6, 6.07) is 24.7. The van der Waals surface area contributed by atoms with E-state index < -0.39 is 0 Å². The molecule has 0 atom stereocenters. The molecule has 1 aromatic heterocycles. The molecule has 5 nitrogen and oxygen atoms in total. The Morgan fingerprint density at radius 1 is 0.733 bits per heavy atom. The summed E-state index contributed by atoms with van der Waals surface area (Å²) in [4.78, 5) is 14.0. The largest absolute Gasteiger partial charge is 0.507 e. The molecule has 0 radical (unpaired) electrons. The number of aromatic nitrogens is 3. The number of phenols is 1. The van der Waals surface area contributed by atoms with Crippen molar-refractivity contribution in [2.75, 3.05) is 6.61 Å². The lowest BCUT2D eigenvalue weighted by atomic mass is 10.1. The summed E-state index contributed by atoms with van der Waals surface area (Å²) >= 11 is 0. The lowest BCUT2D eigenvalue weighted by Crippen LogP contribution is -2.01. The fourth-order valence-electron chi connectivity index (χ4n) is 3.05. The fraction of sp³-hybridized carbons (Fsp3) is 0.160. The van der Waals surface area contributed by atoms with Crippen molar-refractivity contribution in [2.45, 2.75) is 19.8 Å². The molecule has 30 heavy (non-hydrogen) atoms. The highest BCUT2D eigenvalue weighted by molar-refractivity contribution is 5.70. The van der Waals surface area contributed by atoms with E-state index in [1.807, 2.05) is 66.7 Å². The highest BCUT2D eigenvalue weighted by Crippen LogP contribution is 2.32. The van der Waals surface area contributed by atoms with Crippen LogP contribution in [0.1, 0.15) is 19.8 Å². The zero-order valence-electron chi connectivity index (χ0n) is 16.8. The third-order valence-electron chi connectivity index (χ3n) is 4.68. The molecular formula is C25H23N3O2. The molecule has 0 bridgehead atoms. The standard InChI is InChI=1S/C25H23N3O2/c1-2-3-16-30-20-14-15-21(22(29)17-20)25-27-23(18-10-6-4-7-11-18)26-24(28-25)19-12-8-5-9-13-19/h4-15,17,29H,2-3,16H2,1H3. The Bertz CT molecular complexity index is 1060. The average Bonchev–Trinajstić information content (AvgIpc) is 2.80. The summed E-state index contributed by atoms with van der Waals surface area (Å²) in [5, 5.41) is 10.6. The summed E-state index contributed by atoms with van der Waals surface area (Å²) in [5.41, 5.74) is 2.31. The van der Waals surface area contributed by atoms with Gasteiger partial charge in [0.2, 0.25) is 0 Å². The molecule has 1 heterocycles. The number of ether oxygens (including phenoxy) is 1. The van der Waals surface area contributed by atoms with E-state index in [0.29, 0.717) is 35.4 Å². The molecule has 0 saturated heterocycles. The lowest BCUT2D eigenvalue weighted by Gasteiger charge is -2.11. The van der Waals surface area contributed by atoms with Crippen LogP contribution < -0.4 is 4.74 Å². The van der Waals surface area contributed by atoms with Crippen molar-refractivity contribution < 1.29 is 9.84 Å². The van der Waals surface area contributed by atoms with Gasteiger partial charge < -0.3 is 9.84 Å². The van der Waals surface area contributed by atoms with Crippen molar-refractivity contribution in [1.29, 1.82) is 0 Å². The summed E-state index contributed by atoms with van der Waals surface area (Å²) in [6.07, 6.45) is 2.02. The van der Waals surface area contributed by atoms with Crippen LogP contribution in [0.15, 0.2) is 78.9 Å². The minimum atomic E-state index is 0.0771. The average molecular weight is 397 g/mol. The van der Waals surface area contributed by atoms with Crippen molar-refractivity contribution in [3.05, 3.63) is 78.9 Å². The van der Waals surface area contributed by atoms with E-state index in [2.05, 4.69) is 21.9 Å². The third kappa shape index (κ3) is 4.46. The highest BCUT2D eigenvalue weighted by atomic mass is 16.5. The summed E-state index contributed by atoms with van der Waals surface area (Å²) in [5.74, 6) is 2.24. The van der Waals surface area contributed by atoms with Crippen LogP contribution in [0.5, 0.6) is 11.5 Å². The maximum atomic E-state index is 10.6. The van der Waals surface area contributed by atoms with E-state index in [9.17, 15) is 5.11 Å². The quantitative estimate of drug-likeness (QED) is 0.402. The Balaban J connectivity index is 1.77. The van der Waals surface area contributed by atoms with E-state index in [1.165, 1.54) is 0 Å². The van der Waals surface area contributed by atoms with Gasteiger partial charge in [0.1, 0.15) is 11.5 Å². The second-order valence-corrected chi connectivity index (χ2v) is 6.92. The molecule has 4 rings (SSSR count). The molecular weight excluding hydrogens is 374 g/mol. The number of hydrogen-bond acceptors (Lipinski definition) is 5. The first-order chi connectivity index (χ1) is 14.7. The van der Waals surface area contributed by atoms with Crippen molar-refractivity contribution in [1.82, 2.24) is 15.0 Å². The SMILES string of the molecule is CCCCOc1ccc(-c2nc(-c3ccccc3)nc(-c3ccccc3)n2)c(O)c1. The van der Waals surface area contributed by atoms with Crippen LogP contribution in [0.25, 0.3) is 34.2 Å². The Labute approximate surface area is 176 Å². The second-order valence-electron chi connectivity index (χ2n) is 6.92. The smallest absolute Gasteiger partial charge is 0.167 e. The van der Waals surface area contributed by atoms with E-state index in [0.717, 1.165) is 24.0 Å². The van der Waals surface area contributed by atoms with Crippen LogP contribution in [0.3, 0.4) is 0 Å². The molecule has 0 fully saturated rings. The molecule has 0 amide bonds. The molecule has 1 N–H and O–H groups in total. The van der Waals surface area contributed by atoms with Gasteiger partial charge in [-0.25, -0.2) is 15.0 Å². The summed E-state index contributed by atoms with van der Waals surface area (Å²) in [6.45, 7) is 2.73. The number of benzene rings is 3. The van der Waals surface area contributed by atoms with Crippen molar-refractivity contribution in [2.24, 2.45) is 0 Å². The van der Waals surface area contributed by atoms with Gasteiger partial charge in [-0.3, -0.25) is 0 Å². The van der Waals surface area contributed by atoms with Gasteiger partial charge >= 0.3 is 0 Å². The van der Waals surface area contributed by atoms with Crippen LogP contribution in [-0.4, -0.2) is 26.7 Å². The molecule has 0 saturated carbocycles. The molecule has 150 valence electrons. The van der Waals surface area contributed by atoms with Crippen molar-refractivity contribution in [3.63, 3.8) is 0 Å². The number of unbranched alkanes of at least 4 members (excludes halogenated alkanes) is 1. The predicted molar refractivity (Wildman–Crippen MR) is 118 cm³/mol. The Hall–Kier alpha value is -3.73. The fourth-order valence-corrected chi connectivity index (χ4v) is 3.05. The molecule has 0 aliphatic rings. The minimum absolute atomic E-state index is 0.0771. The van der Waals surface area contributed by atoms with Gasteiger partial charge in [-0.05, 0) is 18.6 Å². The van der Waals surface area contributed by atoms with Crippen LogP contribution in [0, 0.1) is 0 Å². The van der Waals surface area contributed by atoms with E-state index in [4.69, 9.17) is 4.74 Å². The van der Waals surface area contributed by atoms with Crippen molar-refractivity contribution >= 4 is 0 Å². The first-order valence-electron chi connectivity index (χ1n) is 10.1. The van der Waals surface area contributed by atoms with Crippen molar-refractivity contribution in [3.8, 4) is 45.7 Å². The normalized spacial score (nSPS) is 10.7. The number of rotatable bonds is 7. The van der Waals surface area contributed by atoms with Gasteiger partial charge in [0.05, 0.1) is 12.2 Å². The Morgan fingerprint density at radius 2 is 1.30 bits per heavy atom. The van der Waals surface area contributed by atoms with Gasteiger partial charge in [-0.1, -0.05) is 74.0 Å². The van der Waals surface area contributed by atoms with E-state index in [1.54, 1.807) is 12.1 Å². The first-order valence-corrected chi connectivity index (χ1v) is 10.1. The topological polar surface area (TPSA) is 68.1 Å². The van der Waals surface area contributed by atoms with Gasteiger partial charge in [-0.2, -0.15) is 0 Å². The first kappa shape index (κ1) is 19.6. The zero-order chi connectivity index (χ0) is 20.8. The molecule has 0 aliphatic heterocycles. The van der Waals surface area contributed by atoms with Crippen LogP contribution >= 0.6 is 0 Å². The Kier molecular flexibility index (Phi) is 5.99. The van der Waals surface area contributed by atoms with Crippen LogP contribution in [-0.2, 0) is 0 Å². The number of hydrogen-bond donors (Lipinski definition) is 1. The van der Waals surface area contributed by atoms with Gasteiger partial charge in [0, 0.05) is 17.2 Å². The van der Waals surface area contributed by atoms with Crippen LogP contribution in [0.2, 0.25) is 0 Å². The number of aromatic hydroxyl groups is 1. The monoisotopic (exact) mass is 397 g/mol. The van der Waals surface area contributed by atoms with Crippen LogP contribution in [0.4, 0.5) is 0 Å². The molecule has 3 aromatic carbocycles. The van der Waals surface area contributed by atoms with Gasteiger partial charge in [0.15, 0.2) is 17.5 Å². The molecule has 0 unspecified atom stereocenters. The molecule has 4 aromatic rings. The zero-order valence-corrected chi connectivity index (χ0v) is 16.8. The highest BCUT2D eigenvalue weighted by Gasteiger charge is 2.15. The third-order valence-corrected chi connectivity index (χ3v) is 4.68. The maximum absolute atomic E-state index is 10.6. The number of nitrogens with zero attached hydrogens (tertiary/aromatic N) is 3. The maximum Gasteiger partial charge on any atom is 0.167 e. The van der Waals surface area contributed by atoms with E-state index in [-0.39, 0.29) is 5.75 Å². The van der Waals surface area contributed by atoms with Gasteiger partial charge in [-0.15, -0.1) is 0 Å². The molecule has 0 aliphatic carbocycles. The lowest BCUT2D eigenvalue weighted by molar-refractivity contribution is 0.307. The predicted octanol–water partition coefficient (Wildman–Crippen LogP) is 5.76. The van der Waals surface area contributed by atoms with Gasteiger partial charge in [0.25, 0.3) is 0 Å². The number of phenolic OH excluding ortho intramolecular Hbond substituents is 1. The summed E-state index contributed by atoms with van der Waals surface area (Å²) in [7, 11) is 0. The molecule has 0 spiro atoms. The van der Waals surface area contributed by atoms with E-state index >= 15 is 0 Å². The second kappa shape index (κ2) is 9.18. The summed E-state index contributed by atoms with van der Waals surface area (Å²) < 4.78 is 5.69.